The van der Waals surface area contributed by atoms with Crippen LogP contribution in [0.15, 0.2) is 40.9 Å². The highest BCUT2D eigenvalue weighted by Crippen LogP contribution is 2.22. The van der Waals surface area contributed by atoms with Crippen LogP contribution in [-0.2, 0) is 0 Å². The van der Waals surface area contributed by atoms with Gasteiger partial charge in [-0.15, -0.1) is 0 Å². The zero-order valence-electron chi connectivity index (χ0n) is 10.2. The van der Waals surface area contributed by atoms with E-state index in [4.69, 9.17) is 5.73 Å². The van der Waals surface area contributed by atoms with Crippen LogP contribution in [0.5, 0.6) is 0 Å². The van der Waals surface area contributed by atoms with Gasteiger partial charge in [0, 0.05) is 19.4 Å². The van der Waals surface area contributed by atoms with E-state index in [1.165, 1.54) is 5.56 Å². The molecule has 0 radical (unpaired) electrons. The van der Waals surface area contributed by atoms with Crippen molar-refractivity contribution in [1.29, 1.82) is 0 Å². The summed E-state index contributed by atoms with van der Waals surface area (Å²) in [5.41, 5.74) is 8.74. The normalized spacial score (nSPS) is 10.3. The van der Waals surface area contributed by atoms with Crippen molar-refractivity contribution in [1.82, 2.24) is 0 Å². The Labute approximate surface area is 133 Å². The fourth-order valence-electron chi connectivity index (χ4n) is 1.59. The molecule has 0 heterocycles. The summed E-state index contributed by atoms with van der Waals surface area (Å²) >= 11 is 5.60. The summed E-state index contributed by atoms with van der Waals surface area (Å²) in [4.78, 5) is 12.2. The Morgan fingerprint density at radius 1 is 1.26 bits per heavy atom. The standard InChI is InChI=1S/C14H12BrIN2O/c1-8-2-4-10(7-13(8)16)18-14(19)11-6-9(17)3-5-12(11)15/h2-7H,17H2,1H3,(H,18,19). The maximum Gasteiger partial charge on any atom is 0.256 e. The summed E-state index contributed by atoms with van der Waals surface area (Å²) in [5.74, 6) is -0.182. The Morgan fingerprint density at radius 3 is 2.68 bits per heavy atom. The van der Waals surface area contributed by atoms with Crippen molar-refractivity contribution in [3.63, 3.8) is 0 Å². The highest BCUT2D eigenvalue weighted by molar-refractivity contribution is 14.1. The lowest BCUT2D eigenvalue weighted by atomic mass is 10.1. The molecule has 0 aliphatic rings. The number of nitrogen functional groups attached to an aromatic ring is 1. The van der Waals surface area contributed by atoms with Crippen LogP contribution in [0.4, 0.5) is 11.4 Å². The molecule has 0 aromatic heterocycles. The molecule has 3 nitrogen and oxygen atoms in total. The molecule has 0 unspecified atom stereocenters. The number of nitrogens with one attached hydrogen (secondary N) is 1. The van der Waals surface area contributed by atoms with Crippen LogP contribution in [-0.4, -0.2) is 5.91 Å². The molecule has 1 amide bonds. The van der Waals surface area contributed by atoms with E-state index < -0.39 is 0 Å². The SMILES string of the molecule is Cc1ccc(NC(=O)c2cc(N)ccc2Br)cc1I. The van der Waals surface area contributed by atoms with Gasteiger partial charge in [-0.1, -0.05) is 6.07 Å². The van der Waals surface area contributed by atoms with Crippen molar-refractivity contribution in [3.05, 3.63) is 55.6 Å². The van der Waals surface area contributed by atoms with Crippen LogP contribution in [0.2, 0.25) is 0 Å². The maximum atomic E-state index is 12.2. The largest absolute Gasteiger partial charge is 0.399 e. The minimum Gasteiger partial charge on any atom is -0.399 e. The van der Waals surface area contributed by atoms with Gasteiger partial charge < -0.3 is 11.1 Å². The molecule has 0 aliphatic carbocycles. The molecule has 98 valence electrons. The van der Waals surface area contributed by atoms with Gasteiger partial charge in [-0.25, -0.2) is 0 Å². The molecule has 3 N–H and O–H groups in total. The van der Waals surface area contributed by atoms with Crippen molar-refractivity contribution in [2.24, 2.45) is 0 Å². The fourth-order valence-corrected chi connectivity index (χ4v) is 2.53. The summed E-state index contributed by atoms with van der Waals surface area (Å²) in [7, 11) is 0. The van der Waals surface area contributed by atoms with Crippen LogP contribution in [0.25, 0.3) is 0 Å². The number of carbonyl (C=O) groups excluding carboxylic acids is 1. The molecule has 0 aliphatic heterocycles. The van der Waals surface area contributed by atoms with E-state index in [0.29, 0.717) is 11.3 Å². The summed E-state index contributed by atoms with van der Waals surface area (Å²) < 4.78 is 1.84. The van der Waals surface area contributed by atoms with Gasteiger partial charge in [-0.3, -0.25) is 4.79 Å². The molecule has 2 aromatic rings. The van der Waals surface area contributed by atoms with Gasteiger partial charge in [0.25, 0.3) is 5.91 Å². The van der Waals surface area contributed by atoms with Gasteiger partial charge in [0.15, 0.2) is 0 Å². The van der Waals surface area contributed by atoms with Gasteiger partial charge >= 0.3 is 0 Å². The van der Waals surface area contributed by atoms with Gasteiger partial charge in [0.2, 0.25) is 0 Å². The van der Waals surface area contributed by atoms with E-state index in [-0.39, 0.29) is 5.91 Å². The highest BCUT2D eigenvalue weighted by Gasteiger charge is 2.11. The Bertz CT molecular complexity index is 643. The second-order valence-corrected chi connectivity index (χ2v) is 6.17. The van der Waals surface area contributed by atoms with Crippen LogP contribution < -0.4 is 11.1 Å². The van der Waals surface area contributed by atoms with Crippen LogP contribution in [0.3, 0.4) is 0 Å². The number of benzene rings is 2. The topological polar surface area (TPSA) is 55.1 Å². The first-order valence-electron chi connectivity index (χ1n) is 5.60. The number of halogens is 2. The Morgan fingerprint density at radius 2 is 2.00 bits per heavy atom. The molecule has 2 aromatic carbocycles. The third-order valence-corrected chi connectivity index (χ3v) is 4.52. The second-order valence-electron chi connectivity index (χ2n) is 4.16. The molecule has 0 fully saturated rings. The molecular weight excluding hydrogens is 419 g/mol. The van der Waals surface area contributed by atoms with E-state index in [1.54, 1.807) is 18.2 Å². The minimum absolute atomic E-state index is 0.182. The first-order chi connectivity index (χ1) is 8.97. The lowest BCUT2D eigenvalue weighted by Crippen LogP contribution is -2.13. The van der Waals surface area contributed by atoms with Crippen LogP contribution in [0, 0.1) is 10.5 Å². The molecule has 0 spiro atoms. The lowest BCUT2D eigenvalue weighted by Gasteiger charge is -2.09. The minimum atomic E-state index is -0.182. The van der Waals surface area contributed by atoms with Gasteiger partial charge in [-0.2, -0.15) is 0 Å². The third-order valence-electron chi connectivity index (χ3n) is 2.66. The van der Waals surface area contributed by atoms with Crippen molar-refractivity contribution >= 4 is 55.8 Å². The third kappa shape index (κ3) is 3.48. The number of hydrogen-bond acceptors (Lipinski definition) is 2. The summed E-state index contributed by atoms with van der Waals surface area (Å²) in [6.45, 7) is 2.03. The monoisotopic (exact) mass is 430 g/mol. The van der Waals surface area contributed by atoms with Crippen molar-refractivity contribution in [3.8, 4) is 0 Å². The first kappa shape index (κ1) is 14.3. The Hall–Kier alpha value is -1.08. The zero-order valence-corrected chi connectivity index (χ0v) is 13.9. The number of nitrogens with two attached hydrogens (primary N) is 1. The Balaban J connectivity index is 2.25. The number of anilines is 2. The van der Waals surface area contributed by atoms with E-state index >= 15 is 0 Å². The van der Waals surface area contributed by atoms with Crippen molar-refractivity contribution in [2.75, 3.05) is 11.1 Å². The fraction of sp³-hybridized carbons (Fsp3) is 0.0714. The van der Waals surface area contributed by atoms with E-state index in [0.717, 1.165) is 13.7 Å². The van der Waals surface area contributed by atoms with Gasteiger partial charge in [0.1, 0.15) is 0 Å². The average molecular weight is 431 g/mol. The molecule has 0 atom stereocenters. The molecule has 2 rings (SSSR count). The molecule has 0 saturated heterocycles. The highest BCUT2D eigenvalue weighted by atomic mass is 127. The van der Waals surface area contributed by atoms with Crippen molar-refractivity contribution in [2.45, 2.75) is 6.92 Å². The zero-order chi connectivity index (χ0) is 14.0. The second kappa shape index (κ2) is 5.92. The maximum absolute atomic E-state index is 12.2. The smallest absolute Gasteiger partial charge is 0.256 e. The summed E-state index contributed by atoms with van der Waals surface area (Å²) in [6.07, 6.45) is 0. The number of aryl methyl sites for hydroxylation is 1. The van der Waals surface area contributed by atoms with E-state index in [1.807, 2.05) is 25.1 Å². The van der Waals surface area contributed by atoms with Gasteiger partial charge in [0.05, 0.1) is 5.56 Å². The molecule has 5 heteroatoms. The van der Waals surface area contributed by atoms with Crippen LogP contribution in [0.1, 0.15) is 15.9 Å². The van der Waals surface area contributed by atoms with Crippen LogP contribution >= 0.6 is 38.5 Å². The van der Waals surface area contributed by atoms with Gasteiger partial charge in [-0.05, 0) is 81.3 Å². The number of rotatable bonds is 2. The molecule has 0 saturated carbocycles. The number of hydrogen-bond donors (Lipinski definition) is 2. The number of carbonyl (C=O) groups is 1. The Kier molecular flexibility index (Phi) is 4.46. The summed E-state index contributed by atoms with van der Waals surface area (Å²) in [5, 5.41) is 2.87. The van der Waals surface area contributed by atoms with E-state index in [2.05, 4.69) is 43.8 Å². The average Bonchev–Trinajstić information content (AvgIpc) is 2.36. The van der Waals surface area contributed by atoms with E-state index in [9.17, 15) is 4.79 Å². The van der Waals surface area contributed by atoms with Crippen molar-refractivity contribution < 1.29 is 4.79 Å². The predicted octanol–water partition coefficient (Wildman–Crippen LogP) is 4.20. The molecule has 19 heavy (non-hydrogen) atoms. The lowest BCUT2D eigenvalue weighted by molar-refractivity contribution is 0.102. The summed E-state index contributed by atoms with van der Waals surface area (Å²) in [6, 6.07) is 11.0. The predicted molar refractivity (Wildman–Crippen MR) is 90.4 cm³/mol. The molecule has 0 bridgehead atoms. The quantitative estimate of drug-likeness (QED) is 0.554. The number of amides is 1. The first-order valence-corrected chi connectivity index (χ1v) is 7.47. The molecular formula is C14H12BrIN2O.